The van der Waals surface area contributed by atoms with Crippen molar-refractivity contribution >= 4 is 56.7 Å². The largest absolute Gasteiger partial charge is 0.367 e. The minimum absolute atomic E-state index is 0.0196. The molecule has 6 nitrogen and oxygen atoms in total. The van der Waals surface area contributed by atoms with Gasteiger partial charge in [-0.05, 0) is 28.1 Å². The van der Waals surface area contributed by atoms with Crippen molar-refractivity contribution in [3.63, 3.8) is 0 Å². The molecule has 1 aromatic heterocycles. The van der Waals surface area contributed by atoms with E-state index in [1.807, 2.05) is 0 Å². The molecule has 100 valence electrons. The summed E-state index contributed by atoms with van der Waals surface area (Å²) in [6, 6.07) is 3.34. The number of benzene rings is 1. The first-order chi connectivity index (χ1) is 8.97. The number of carbonyl (C=O) groups excluding carboxylic acids is 1. The second-order valence-electron chi connectivity index (χ2n) is 3.57. The summed E-state index contributed by atoms with van der Waals surface area (Å²) >= 11 is 15.2. The SMILES string of the molecule is Nc1ncn(CC(=O)Nc2ccc(Br)c(Cl)c2Cl)n1. The maximum atomic E-state index is 11.8. The van der Waals surface area contributed by atoms with Crippen LogP contribution in [-0.2, 0) is 11.3 Å². The molecule has 0 aliphatic heterocycles. The summed E-state index contributed by atoms with van der Waals surface area (Å²) in [5, 5.41) is 7.04. The van der Waals surface area contributed by atoms with Crippen LogP contribution in [0.3, 0.4) is 0 Å². The van der Waals surface area contributed by atoms with E-state index in [1.54, 1.807) is 12.1 Å². The Morgan fingerprint density at radius 1 is 1.42 bits per heavy atom. The van der Waals surface area contributed by atoms with Gasteiger partial charge in [0.05, 0.1) is 15.7 Å². The topological polar surface area (TPSA) is 85.8 Å². The van der Waals surface area contributed by atoms with E-state index in [4.69, 9.17) is 28.9 Å². The Labute approximate surface area is 127 Å². The Hall–Kier alpha value is -1.31. The monoisotopic (exact) mass is 363 g/mol. The Kier molecular flexibility index (Phi) is 4.28. The zero-order chi connectivity index (χ0) is 14.0. The van der Waals surface area contributed by atoms with Crippen LogP contribution in [-0.4, -0.2) is 20.7 Å². The quantitative estimate of drug-likeness (QED) is 0.819. The van der Waals surface area contributed by atoms with Crippen LogP contribution in [0.4, 0.5) is 11.6 Å². The third-order valence-corrected chi connectivity index (χ3v) is 3.94. The molecule has 0 saturated carbocycles. The van der Waals surface area contributed by atoms with Gasteiger partial charge in [0.1, 0.15) is 12.9 Å². The molecule has 1 heterocycles. The van der Waals surface area contributed by atoms with Gasteiger partial charge in [-0.15, -0.1) is 5.10 Å². The summed E-state index contributed by atoms with van der Waals surface area (Å²) in [4.78, 5) is 15.5. The highest BCUT2D eigenvalue weighted by Gasteiger charge is 2.11. The number of rotatable bonds is 3. The average molecular weight is 365 g/mol. The number of nitrogens with two attached hydrogens (primary N) is 1. The second kappa shape index (κ2) is 5.77. The molecular weight excluding hydrogens is 357 g/mol. The van der Waals surface area contributed by atoms with Crippen molar-refractivity contribution in [1.29, 1.82) is 0 Å². The fourth-order valence-corrected chi connectivity index (χ4v) is 2.17. The minimum Gasteiger partial charge on any atom is -0.367 e. The second-order valence-corrected chi connectivity index (χ2v) is 5.18. The number of nitrogen functional groups attached to an aromatic ring is 1. The molecule has 2 aromatic rings. The molecule has 1 amide bonds. The number of carbonyl (C=O) groups is 1. The van der Waals surface area contributed by atoms with Crippen molar-refractivity contribution in [2.45, 2.75) is 6.54 Å². The van der Waals surface area contributed by atoms with Gasteiger partial charge in [-0.3, -0.25) is 4.79 Å². The number of nitrogens with zero attached hydrogens (tertiary/aromatic N) is 3. The lowest BCUT2D eigenvalue weighted by Crippen LogP contribution is -2.19. The van der Waals surface area contributed by atoms with E-state index in [0.717, 1.165) is 0 Å². The van der Waals surface area contributed by atoms with E-state index < -0.39 is 0 Å². The van der Waals surface area contributed by atoms with Crippen LogP contribution in [0.15, 0.2) is 22.9 Å². The average Bonchev–Trinajstić information content (AvgIpc) is 2.75. The molecule has 2 rings (SSSR count). The molecule has 3 N–H and O–H groups in total. The van der Waals surface area contributed by atoms with E-state index in [2.05, 4.69) is 31.3 Å². The van der Waals surface area contributed by atoms with Gasteiger partial charge < -0.3 is 11.1 Å². The number of aromatic nitrogens is 3. The van der Waals surface area contributed by atoms with Crippen LogP contribution in [0.1, 0.15) is 0 Å². The first kappa shape index (κ1) is 14.1. The molecular formula is C10H8BrCl2N5O. The van der Waals surface area contributed by atoms with Crippen molar-refractivity contribution in [1.82, 2.24) is 14.8 Å². The van der Waals surface area contributed by atoms with E-state index in [9.17, 15) is 4.79 Å². The minimum atomic E-state index is -0.315. The lowest BCUT2D eigenvalue weighted by molar-refractivity contribution is -0.116. The van der Waals surface area contributed by atoms with Crippen molar-refractivity contribution in [3.8, 4) is 0 Å². The summed E-state index contributed by atoms with van der Waals surface area (Å²) in [6.45, 7) is -0.0196. The van der Waals surface area contributed by atoms with Crippen LogP contribution < -0.4 is 11.1 Å². The van der Waals surface area contributed by atoms with Crippen LogP contribution in [0.5, 0.6) is 0 Å². The zero-order valence-corrected chi connectivity index (χ0v) is 12.5. The summed E-state index contributed by atoms with van der Waals surface area (Å²) in [6.07, 6.45) is 1.37. The Morgan fingerprint density at radius 3 is 2.79 bits per heavy atom. The predicted molar refractivity (Wildman–Crippen MR) is 77.2 cm³/mol. The number of anilines is 2. The molecule has 1 aromatic carbocycles. The smallest absolute Gasteiger partial charge is 0.246 e. The van der Waals surface area contributed by atoms with Crippen LogP contribution in [0.2, 0.25) is 10.0 Å². The van der Waals surface area contributed by atoms with Crippen molar-refractivity contribution in [3.05, 3.63) is 33.0 Å². The molecule has 0 fully saturated rings. The molecule has 0 spiro atoms. The normalized spacial score (nSPS) is 10.5. The molecule has 0 aliphatic rings. The van der Waals surface area contributed by atoms with Gasteiger partial charge >= 0.3 is 0 Å². The van der Waals surface area contributed by atoms with Crippen LogP contribution in [0, 0.1) is 0 Å². The highest BCUT2D eigenvalue weighted by molar-refractivity contribution is 9.10. The molecule has 0 aliphatic carbocycles. The Balaban J connectivity index is 2.09. The van der Waals surface area contributed by atoms with Gasteiger partial charge in [0, 0.05) is 4.47 Å². The molecule has 0 atom stereocenters. The number of amides is 1. The first-order valence-electron chi connectivity index (χ1n) is 5.05. The van der Waals surface area contributed by atoms with E-state index in [0.29, 0.717) is 15.2 Å². The van der Waals surface area contributed by atoms with Gasteiger partial charge in [0.15, 0.2) is 0 Å². The number of halogens is 3. The van der Waals surface area contributed by atoms with E-state index in [1.165, 1.54) is 11.0 Å². The molecule has 9 heteroatoms. The number of hydrogen-bond donors (Lipinski definition) is 2. The summed E-state index contributed by atoms with van der Waals surface area (Å²) in [5.74, 6) is -0.206. The fourth-order valence-electron chi connectivity index (χ4n) is 1.34. The summed E-state index contributed by atoms with van der Waals surface area (Å²) in [5.41, 5.74) is 5.77. The highest BCUT2D eigenvalue weighted by Crippen LogP contribution is 2.35. The highest BCUT2D eigenvalue weighted by atomic mass is 79.9. The molecule has 0 radical (unpaired) electrons. The lowest BCUT2D eigenvalue weighted by atomic mass is 10.3. The summed E-state index contributed by atoms with van der Waals surface area (Å²) in [7, 11) is 0. The standard InChI is InChI=1S/C10H8BrCl2N5O/c11-5-1-2-6(9(13)8(5)12)16-7(19)3-18-4-15-10(14)17-18/h1-2,4H,3H2,(H2,14,17)(H,16,19). The van der Waals surface area contributed by atoms with Gasteiger partial charge in [-0.1, -0.05) is 23.2 Å². The van der Waals surface area contributed by atoms with Crippen molar-refractivity contribution in [2.75, 3.05) is 11.1 Å². The maximum absolute atomic E-state index is 11.8. The zero-order valence-electron chi connectivity index (χ0n) is 9.40. The van der Waals surface area contributed by atoms with Gasteiger partial charge in [0.2, 0.25) is 11.9 Å². The first-order valence-corrected chi connectivity index (χ1v) is 6.60. The van der Waals surface area contributed by atoms with Crippen molar-refractivity contribution < 1.29 is 4.79 Å². The van der Waals surface area contributed by atoms with Crippen LogP contribution >= 0.6 is 39.1 Å². The number of nitrogens with one attached hydrogen (secondary N) is 1. The van der Waals surface area contributed by atoms with Crippen molar-refractivity contribution in [2.24, 2.45) is 0 Å². The Bertz CT molecular complexity index is 630. The molecule has 0 saturated heterocycles. The van der Waals surface area contributed by atoms with Gasteiger partial charge in [-0.2, -0.15) is 0 Å². The third-order valence-electron chi connectivity index (χ3n) is 2.17. The van der Waals surface area contributed by atoms with Gasteiger partial charge in [0.25, 0.3) is 0 Å². The molecule has 0 bridgehead atoms. The lowest BCUT2D eigenvalue weighted by Gasteiger charge is -2.09. The maximum Gasteiger partial charge on any atom is 0.246 e. The Morgan fingerprint density at radius 2 is 2.16 bits per heavy atom. The van der Waals surface area contributed by atoms with Crippen LogP contribution in [0.25, 0.3) is 0 Å². The third kappa shape index (κ3) is 3.37. The molecule has 19 heavy (non-hydrogen) atoms. The number of hydrogen-bond acceptors (Lipinski definition) is 4. The predicted octanol–water partition coefficient (Wildman–Crippen LogP) is 2.57. The van der Waals surface area contributed by atoms with E-state index in [-0.39, 0.29) is 23.4 Å². The van der Waals surface area contributed by atoms with Gasteiger partial charge in [-0.25, -0.2) is 9.67 Å². The molecule has 0 unspecified atom stereocenters. The summed E-state index contributed by atoms with van der Waals surface area (Å²) < 4.78 is 1.97. The fraction of sp³-hybridized carbons (Fsp3) is 0.100. The van der Waals surface area contributed by atoms with E-state index >= 15 is 0 Å².